The molecule has 2 amide bonds. The van der Waals surface area contributed by atoms with E-state index in [0.717, 1.165) is 16.8 Å². The minimum Gasteiger partial charge on any atom is -0.396 e. The number of carbonyl (C=O) groups is 1. The first-order chi connectivity index (χ1) is 11.5. The fourth-order valence-corrected chi connectivity index (χ4v) is 2.62. The lowest BCUT2D eigenvalue weighted by molar-refractivity contribution is 0.199. The second kappa shape index (κ2) is 8.92. The molecule has 0 aromatic heterocycles. The number of aliphatic hydroxyl groups excluding tert-OH is 1. The van der Waals surface area contributed by atoms with Gasteiger partial charge in [0.25, 0.3) is 0 Å². The molecule has 6 heteroatoms. The van der Waals surface area contributed by atoms with Crippen molar-refractivity contribution < 1.29 is 9.90 Å². The maximum absolute atomic E-state index is 12.6. The average molecular weight is 367 g/mol. The predicted molar refractivity (Wildman–Crippen MR) is 98.8 cm³/mol. The van der Waals surface area contributed by atoms with Crippen LogP contribution in [0, 0.1) is 6.92 Å². The molecule has 2 N–H and O–H groups in total. The van der Waals surface area contributed by atoms with Gasteiger partial charge in [-0.3, -0.25) is 0 Å². The normalized spacial score (nSPS) is 10.5. The Bertz CT molecular complexity index is 707. The molecule has 2 rings (SSSR count). The zero-order chi connectivity index (χ0) is 17.5. The van der Waals surface area contributed by atoms with Crippen molar-refractivity contribution in [1.29, 1.82) is 0 Å². The van der Waals surface area contributed by atoms with E-state index in [9.17, 15) is 4.79 Å². The highest BCUT2D eigenvalue weighted by Crippen LogP contribution is 2.23. The Kier molecular flexibility index (Phi) is 6.91. The lowest BCUT2D eigenvalue weighted by atomic mass is 10.2. The van der Waals surface area contributed by atoms with Gasteiger partial charge in [-0.15, -0.1) is 0 Å². The second-order valence-electron chi connectivity index (χ2n) is 5.55. The van der Waals surface area contributed by atoms with E-state index in [2.05, 4.69) is 5.32 Å². The fourth-order valence-electron chi connectivity index (χ4n) is 2.30. The molecule has 2 aromatic rings. The molecule has 0 aliphatic carbocycles. The van der Waals surface area contributed by atoms with E-state index in [0.29, 0.717) is 29.6 Å². The summed E-state index contributed by atoms with van der Waals surface area (Å²) in [7, 11) is 0. The number of hydrogen-bond acceptors (Lipinski definition) is 2. The molecule has 128 valence electrons. The van der Waals surface area contributed by atoms with Crippen LogP contribution in [0.15, 0.2) is 42.5 Å². The summed E-state index contributed by atoms with van der Waals surface area (Å²) in [5.41, 5.74) is 2.68. The van der Waals surface area contributed by atoms with Crippen molar-refractivity contribution in [3.8, 4) is 0 Å². The van der Waals surface area contributed by atoms with Crippen LogP contribution in [0.25, 0.3) is 0 Å². The topological polar surface area (TPSA) is 52.6 Å². The van der Waals surface area contributed by atoms with E-state index in [1.807, 2.05) is 37.3 Å². The van der Waals surface area contributed by atoms with Gasteiger partial charge in [0, 0.05) is 25.4 Å². The van der Waals surface area contributed by atoms with Crippen molar-refractivity contribution in [2.75, 3.05) is 18.5 Å². The SMILES string of the molecule is Cc1cccc(NC(=O)N(CCCO)Cc2ccc(Cl)c(Cl)c2)c1. The predicted octanol–water partition coefficient (Wildman–Crippen LogP) is 4.72. The summed E-state index contributed by atoms with van der Waals surface area (Å²) in [6.45, 7) is 2.81. The highest BCUT2D eigenvalue weighted by atomic mass is 35.5. The van der Waals surface area contributed by atoms with Gasteiger partial charge in [0.1, 0.15) is 0 Å². The molecule has 0 fully saturated rings. The van der Waals surface area contributed by atoms with Crippen LogP contribution in [0.1, 0.15) is 17.5 Å². The van der Waals surface area contributed by atoms with E-state index in [-0.39, 0.29) is 12.6 Å². The number of aryl methyl sites for hydroxylation is 1. The molecule has 0 heterocycles. The Labute approximate surface area is 152 Å². The maximum atomic E-state index is 12.6. The molecule has 0 bridgehead atoms. The lowest BCUT2D eigenvalue weighted by Gasteiger charge is -2.23. The molecule has 0 radical (unpaired) electrons. The molecule has 4 nitrogen and oxygen atoms in total. The van der Waals surface area contributed by atoms with Crippen molar-refractivity contribution in [3.63, 3.8) is 0 Å². The lowest BCUT2D eigenvalue weighted by Crippen LogP contribution is -2.35. The Morgan fingerprint density at radius 2 is 1.96 bits per heavy atom. The number of nitrogens with one attached hydrogen (secondary N) is 1. The Hall–Kier alpha value is -1.75. The zero-order valence-electron chi connectivity index (χ0n) is 13.4. The first-order valence-electron chi connectivity index (χ1n) is 7.67. The number of anilines is 1. The van der Waals surface area contributed by atoms with Crippen molar-refractivity contribution in [2.45, 2.75) is 19.9 Å². The zero-order valence-corrected chi connectivity index (χ0v) is 14.9. The first kappa shape index (κ1) is 18.6. The highest BCUT2D eigenvalue weighted by Gasteiger charge is 2.14. The summed E-state index contributed by atoms with van der Waals surface area (Å²) in [5, 5.41) is 12.9. The minimum atomic E-state index is -0.222. The van der Waals surface area contributed by atoms with Crippen LogP contribution in [0.4, 0.5) is 10.5 Å². The number of hydrogen-bond donors (Lipinski definition) is 2. The van der Waals surface area contributed by atoms with E-state index in [1.54, 1.807) is 17.0 Å². The molecule has 24 heavy (non-hydrogen) atoms. The third-order valence-corrected chi connectivity index (χ3v) is 4.24. The van der Waals surface area contributed by atoms with Crippen LogP contribution in [-0.2, 0) is 6.54 Å². The van der Waals surface area contributed by atoms with Gasteiger partial charge in [0.05, 0.1) is 10.0 Å². The Morgan fingerprint density at radius 1 is 1.17 bits per heavy atom. The number of benzene rings is 2. The molecule has 0 unspecified atom stereocenters. The van der Waals surface area contributed by atoms with Crippen molar-refractivity contribution in [3.05, 3.63) is 63.6 Å². The monoisotopic (exact) mass is 366 g/mol. The van der Waals surface area contributed by atoms with E-state index in [4.69, 9.17) is 28.3 Å². The molecular weight excluding hydrogens is 347 g/mol. The third-order valence-electron chi connectivity index (χ3n) is 3.50. The fraction of sp³-hybridized carbons (Fsp3) is 0.278. The van der Waals surface area contributed by atoms with Crippen LogP contribution in [-0.4, -0.2) is 29.2 Å². The van der Waals surface area contributed by atoms with Crippen LogP contribution < -0.4 is 5.32 Å². The quantitative estimate of drug-likeness (QED) is 0.776. The standard InChI is InChI=1S/C18H20Cl2N2O2/c1-13-4-2-5-15(10-13)21-18(24)22(8-3-9-23)12-14-6-7-16(19)17(20)11-14/h2,4-7,10-11,23H,3,8-9,12H2,1H3,(H,21,24). The van der Waals surface area contributed by atoms with E-state index < -0.39 is 0 Å². The number of carbonyl (C=O) groups excluding carboxylic acids is 1. The Balaban J connectivity index is 2.11. The van der Waals surface area contributed by atoms with Crippen molar-refractivity contribution in [1.82, 2.24) is 4.90 Å². The minimum absolute atomic E-state index is 0.0234. The summed E-state index contributed by atoms with van der Waals surface area (Å²) in [5.74, 6) is 0. The maximum Gasteiger partial charge on any atom is 0.322 e. The third kappa shape index (κ3) is 5.41. The smallest absolute Gasteiger partial charge is 0.322 e. The molecular formula is C18H20Cl2N2O2. The Morgan fingerprint density at radius 3 is 2.62 bits per heavy atom. The van der Waals surface area contributed by atoms with Crippen LogP contribution in [0.5, 0.6) is 0 Å². The molecule has 0 atom stereocenters. The van der Waals surface area contributed by atoms with Gasteiger partial charge in [-0.05, 0) is 48.7 Å². The van der Waals surface area contributed by atoms with Crippen LogP contribution in [0.3, 0.4) is 0 Å². The number of nitrogens with zero attached hydrogens (tertiary/aromatic N) is 1. The van der Waals surface area contributed by atoms with Gasteiger partial charge in [-0.2, -0.15) is 0 Å². The van der Waals surface area contributed by atoms with Crippen LogP contribution >= 0.6 is 23.2 Å². The van der Waals surface area contributed by atoms with E-state index >= 15 is 0 Å². The molecule has 0 aliphatic heterocycles. The largest absolute Gasteiger partial charge is 0.396 e. The number of halogens is 2. The summed E-state index contributed by atoms with van der Waals surface area (Å²) < 4.78 is 0. The van der Waals surface area contributed by atoms with Crippen molar-refractivity contribution >= 4 is 34.9 Å². The summed E-state index contributed by atoms with van der Waals surface area (Å²) in [6, 6.07) is 12.7. The number of aliphatic hydroxyl groups is 1. The number of amides is 2. The molecule has 0 saturated carbocycles. The highest BCUT2D eigenvalue weighted by molar-refractivity contribution is 6.42. The van der Waals surface area contributed by atoms with Gasteiger partial charge < -0.3 is 15.3 Å². The molecule has 0 saturated heterocycles. The molecule has 0 aliphatic rings. The van der Waals surface area contributed by atoms with Gasteiger partial charge in [0.15, 0.2) is 0 Å². The van der Waals surface area contributed by atoms with Crippen molar-refractivity contribution in [2.24, 2.45) is 0 Å². The molecule has 2 aromatic carbocycles. The van der Waals surface area contributed by atoms with Gasteiger partial charge in [0.2, 0.25) is 0 Å². The van der Waals surface area contributed by atoms with Gasteiger partial charge in [-0.1, -0.05) is 41.4 Å². The second-order valence-corrected chi connectivity index (χ2v) is 6.36. The van der Waals surface area contributed by atoms with E-state index in [1.165, 1.54) is 0 Å². The summed E-state index contributed by atoms with van der Waals surface area (Å²) >= 11 is 12.0. The van der Waals surface area contributed by atoms with Crippen LogP contribution in [0.2, 0.25) is 10.0 Å². The summed E-state index contributed by atoms with van der Waals surface area (Å²) in [6.07, 6.45) is 0.503. The van der Waals surface area contributed by atoms with Gasteiger partial charge in [-0.25, -0.2) is 4.79 Å². The average Bonchev–Trinajstić information content (AvgIpc) is 2.54. The molecule has 0 spiro atoms. The first-order valence-corrected chi connectivity index (χ1v) is 8.42. The number of rotatable bonds is 6. The summed E-state index contributed by atoms with van der Waals surface area (Å²) in [4.78, 5) is 14.2. The van der Waals surface area contributed by atoms with Gasteiger partial charge >= 0.3 is 6.03 Å². The number of urea groups is 1.